The highest BCUT2D eigenvalue weighted by Crippen LogP contribution is 2.27. The molecule has 2 radical (unpaired) electrons. The van der Waals surface area contributed by atoms with Gasteiger partial charge in [0.1, 0.15) is 0 Å². The maximum atomic E-state index is 8.65. The van der Waals surface area contributed by atoms with Gasteiger partial charge < -0.3 is 4.80 Å². The molecule has 0 saturated heterocycles. The van der Waals surface area contributed by atoms with E-state index < -0.39 is 0 Å². The summed E-state index contributed by atoms with van der Waals surface area (Å²) in [7, 11) is 0.162. The maximum absolute atomic E-state index is 8.65. The molecule has 15 heavy (non-hydrogen) atoms. The molecule has 0 saturated carbocycles. The molecule has 0 atom stereocenters. The van der Waals surface area contributed by atoms with Crippen LogP contribution in [0.5, 0.6) is 0 Å². The minimum absolute atomic E-state index is 0.162. The van der Waals surface area contributed by atoms with E-state index in [1.165, 1.54) is 51.4 Å². The average Bonchev–Trinajstić information content (AvgIpc) is 2.22. The van der Waals surface area contributed by atoms with E-state index in [0.717, 1.165) is 6.04 Å². The van der Waals surface area contributed by atoms with E-state index in [4.69, 9.17) is 4.80 Å². The van der Waals surface area contributed by atoms with Crippen molar-refractivity contribution in [2.24, 2.45) is 5.41 Å². The van der Waals surface area contributed by atoms with Crippen molar-refractivity contribution in [1.29, 1.82) is 0 Å². The third-order valence-electron chi connectivity index (χ3n) is 3.35. The summed E-state index contributed by atoms with van der Waals surface area (Å²) in [5.41, 5.74) is 0.554. The van der Waals surface area contributed by atoms with Crippen LogP contribution in [-0.4, -0.2) is 14.6 Å². The van der Waals surface area contributed by atoms with Gasteiger partial charge in [0.05, 0.1) is 0 Å². The van der Waals surface area contributed by atoms with Gasteiger partial charge in [0, 0.05) is 0 Å². The van der Waals surface area contributed by atoms with E-state index in [2.05, 4.69) is 20.8 Å². The Morgan fingerprint density at radius 3 is 2.00 bits per heavy atom. The fourth-order valence-corrected chi connectivity index (χ4v) is 2.10. The first-order valence-corrected chi connectivity index (χ1v) is 7.65. The van der Waals surface area contributed by atoms with Crippen molar-refractivity contribution in [1.82, 2.24) is 0 Å². The molecule has 2 heteroatoms. The van der Waals surface area contributed by atoms with Gasteiger partial charge in [-0.2, -0.15) is 0 Å². The lowest BCUT2D eigenvalue weighted by Crippen LogP contribution is -2.08. The van der Waals surface area contributed by atoms with Crippen molar-refractivity contribution < 1.29 is 4.80 Å². The molecule has 1 N–H and O–H groups in total. The molecule has 0 heterocycles. The van der Waals surface area contributed by atoms with Crippen molar-refractivity contribution in [2.45, 2.75) is 78.2 Å². The lowest BCUT2D eigenvalue weighted by molar-refractivity contribution is 0.307. The van der Waals surface area contributed by atoms with Gasteiger partial charge in [0.2, 0.25) is 9.76 Å². The summed E-state index contributed by atoms with van der Waals surface area (Å²) in [6, 6.07) is 1.02. The van der Waals surface area contributed by atoms with Gasteiger partial charge in [-0.25, -0.2) is 0 Å². The van der Waals surface area contributed by atoms with Crippen LogP contribution in [-0.2, 0) is 0 Å². The average molecular weight is 228 g/mol. The van der Waals surface area contributed by atoms with Crippen LogP contribution in [0.2, 0.25) is 6.04 Å². The molecule has 0 aliphatic rings. The Bertz CT molecular complexity index is 134. The van der Waals surface area contributed by atoms with Crippen LogP contribution >= 0.6 is 0 Å². The molecule has 0 aliphatic heterocycles. The molecule has 0 aromatic rings. The van der Waals surface area contributed by atoms with Gasteiger partial charge in [0.15, 0.2) is 0 Å². The molecule has 0 aromatic heterocycles. The lowest BCUT2D eigenvalue weighted by Gasteiger charge is -2.22. The smallest absolute Gasteiger partial charge is 0.224 e. The van der Waals surface area contributed by atoms with Crippen molar-refractivity contribution in [3.8, 4) is 0 Å². The molecule has 0 fully saturated rings. The molecule has 0 bridgehead atoms. The van der Waals surface area contributed by atoms with Crippen LogP contribution < -0.4 is 0 Å². The SMILES string of the molecule is CCC(C)(C)CCCCCCCC[Si]O. The Hall–Kier alpha value is 0.177. The van der Waals surface area contributed by atoms with Gasteiger partial charge in [-0.05, 0) is 17.9 Å². The predicted octanol–water partition coefficient (Wildman–Crippen LogP) is 4.18. The van der Waals surface area contributed by atoms with Gasteiger partial charge in [0.25, 0.3) is 0 Å². The van der Waals surface area contributed by atoms with E-state index in [-0.39, 0.29) is 9.76 Å². The van der Waals surface area contributed by atoms with Crippen LogP contribution in [0.4, 0.5) is 0 Å². The van der Waals surface area contributed by atoms with Crippen LogP contribution in [0.1, 0.15) is 72.1 Å². The van der Waals surface area contributed by atoms with E-state index >= 15 is 0 Å². The summed E-state index contributed by atoms with van der Waals surface area (Å²) in [5.74, 6) is 0. The van der Waals surface area contributed by atoms with Crippen LogP contribution in [0.15, 0.2) is 0 Å². The monoisotopic (exact) mass is 228 g/mol. The quantitative estimate of drug-likeness (QED) is 0.439. The van der Waals surface area contributed by atoms with Gasteiger partial charge in [-0.15, -0.1) is 0 Å². The third-order valence-corrected chi connectivity index (χ3v) is 3.93. The fourth-order valence-electron chi connectivity index (χ4n) is 1.69. The Morgan fingerprint density at radius 2 is 1.47 bits per heavy atom. The number of hydrogen-bond acceptors (Lipinski definition) is 1. The molecule has 0 aromatic carbocycles. The Balaban J connectivity index is 3.11. The Kier molecular flexibility index (Phi) is 9.52. The zero-order valence-electron chi connectivity index (χ0n) is 10.8. The minimum Gasteiger partial charge on any atom is -0.432 e. The Morgan fingerprint density at radius 1 is 0.933 bits per heavy atom. The maximum Gasteiger partial charge on any atom is 0.224 e. The molecular formula is C13H28OSi. The largest absolute Gasteiger partial charge is 0.432 e. The molecule has 0 rings (SSSR count). The van der Waals surface area contributed by atoms with E-state index in [0.29, 0.717) is 5.41 Å². The first-order chi connectivity index (χ1) is 7.12. The third kappa shape index (κ3) is 10.5. The normalized spacial score (nSPS) is 12.0. The highest BCUT2D eigenvalue weighted by Gasteiger charge is 2.13. The van der Waals surface area contributed by atoms with E-state index in [1.54, 1.807) is 0 Å². The summed E-state index contributed by atoms with van der Waals surface area (Å²) in [6.45, 7) is 7.03. The first kappa shape index (κ1) is 15.2. The van der Waals surface area contributed by atoms with Crippen molar-refractivity contribution in [3.05, 3.63) is 0 Å². The number of unbranched alkanes of at least 4 members (excludes halogenated alkanes) is 5. The molecule has 90 valence electrons. The molecule has 0 amide bonds. The summed E-state index contributed by atoms with van der Waals surface area (Å²) in [4.78, 5) is 8.65. The van der Waals surface area contributed by atoms with Gasteiger partial charge in [-0.3, -0.25) is 0 Å². The van der Waals surface area contributed by atoms with Crippen molar-refractivity contribution >= 4 is 9.76 Å². The highest BCUT2D eigenvalue weighted by molar-refractivity contribution is 6.25. The van der Waals surface area contributed by atoms with Gasteiger partial charge >= 0.3 is 0 Å². The molecule has 1 nitrogen and oxygen atoms in total. The van der Waals surface area contributed by atoms with Crippen LogP contribution in [0.25, 0.3) is 0 Å². The van der Waals surface area contributed by atoms with E-state index in [1.807, 2.05) is 0 Å². The molecule has 0 unspecified atom stereocenters. The number of hydrogen-bond donors (Lipinski definition) is 1. The van der Waals surface area contributed by atoms with Gasteiger partial charge in [-0.1, -0.05) is 65.7 Å². The lowest BCUT2D eigenvalue weighted by atomic mass is 9.84. The van der Waals surface area contributed by atoms with Crippen LogP contribution in [0.3, 0.4) is 0 Å². The topological polar surface area (TPSA) is 20.2 Å². The summed E-state index contributed by atoms with van der Waals surface area (Å²) >= 11 is 0. The number of rotatable bonds is 10. The van der Waals surface area contributed by atoms with Crippen LogP contribution in [0, 0.1) is 5.41 Å². The molecule has 0 spiro atoms. The first-order valence-electron chi connectivity index (χ1n) is 6.49. The molecular weight excluding hydrogens is 200 g/mol. The second-order valence-corrected chi connectivity index (χ2v) is 6.11. The summed E-state index contributed by atoms with van der Waals surface area (Å²) in [6.07, 6.45) is 10.7. The van der Waals surface area contributed by atoms with Crippen molar-refractivity contribution in [2.75, 3.05) is 0 Å². The van der Waals surface area contributed by atoms with Crippen molar-refractivity contribution in [3.63, 3.8) is 0 Å². The summed E-state index contributed by atoms with van der Waals surface area (Å²) < 4.78 is 0. The van der Waals surface area contributed by atoms with E-state index in [9.17, 15) is 0 Å². The second-order valence-electron chi connectivity index (χ2n) is 5.30. The minimum atomic E-state index is 0.162. The zero-order chi connectivity index (χ0) is 11.6. The second kappa shape index (κ2) is 9.41. The molecule has 0 aliphatic carbocycles. The highest BCUT2D eigenvalue weighted by atomic mass is 28.2. The fraction of sp³-hybridized carbons (Fsp3) is 1.00. The standard InChI is InChI=1S/C13H28OSi/c1-4-13(2,3)11-9-7-5-6-8-10-12-15-14/h14H,4-12H2,1-3H3. The Labute approximate surface area is 98.6 Å². The predicted molar refractivity (Wildman–Crippen MR) is 69.2 cm³/mol. The summed E-state index contributed by atoms with van der Waals surface area (Å²) in [5, 5.41) is 0. The zero-order valence-corrected chi connectivity index (χ0v) is 11.8.